The summed E-state index contributed by atoms with van der Waals surface area (Å²) in [5.41, 5.74) is 1.01. The second-order valence-electron chi connectivity index (χ2n) is 3.22. The van der Waals surface area contributed by atoms with Crippen LogP contribution in [0.4, 0.5) is 0 Å². The van der Waals surface area contributed by atoms with E-state index in [1.807, 2.05) is 24.3 Å². The van der Waals surface area contributed by atoms with Crippen LogP contribution in [-0.2, 0) is 0 Å². The number of hydrogen-bond donors (Lipinski definition) is 1. The van der Waals surface area contributed by atoms with Crippen molar-refractivity contribution in [2.75, 3.05) is 0 Å². The number of aryl methyl sites for hydroxylation is 1. The highest BCUT2D eigenvalue weighted by Crippen LogP contribution is 2.30. The number of aromatic nitrogens is 1. The largest absolute Gasteiger partial charge is 0.476 e. The van der Waals surface area contributed by atoms with E-state index in [1.165, 1.54) is 11.3 Å². The van der Waals surface area contributed by atoms with E-state index >= 15 is 0 Å². The molecule has 0 radical (unpaired) electrons. The number of hydrogen-bond acceptors (Lipinski definition) is 3. The van der Waals surface area contributed by atoms with E-state index in [9.17, 15) is 4.79 Å². The first-order valence-electron chi connectivity index (χ1n) is 4.54. The molecule has 82 valence electrons. The summed E-state index contributed by atoms with van der Waals surface area (Å²) in [6, 6.07) is 7.53. The Labute approximate surface area is 105 Å². The van der Waals surface area contributed by atoms with Gasteiger partial charge in [-0.1, -0.05) is 28.1 Å². The normalized spacial score (nSPS) is 10.4. The van der Waals surface area contributed by atoms with Gasteiger partial charge in [-0.15, -0.1) is 11.3 Å². The molecule has 0 saturated heterocycles. The fourth-order valence-corrected chi connectivity index (χ4v) is 2.55. The van der Waals surface area contributed by atoms with Gasteiger partial charge in [-0.3, -0.25) is 0 Å². The van der Waals surface area contributed by atoms with E-state index < -0.39 is 5.97 Å². The van der Waals surface area contributed by atoms with Gasteiger partial charge in [0.15, 0.2) is 5.69 Å². The summed E-state index contributed by atoms with van der Waals surface area (Å²) in [5, 5.41) is 9.79. The molecule has 0 fully saturated rings. The molecule has 0 spiro atoms. The fourth-order valence-electron chi connectivity index (χ4n) is 1.37. The first-order chi connectivity index (χ1) is 7.58. The molecule has 0 amide bonds. The summed E-state index contributed by atoms with van der Waals surface area (Å²) in [6.45, 7) is 1.81. The zero-order chi connectivity index (χ0) is 11.7. The highest BCUT2D eigenvalue weighted by atomic mass is 79.9. The molecule has 1 aromatic carbocycles. The predicted octanol–water partition coefficient (Wildman–Crippen LogP) is 3.58. The summed E-state index contributed by atoms with van der Waals surface area (Å²) < 4.78 is 0.967. The zero-order valence-corrected chi connectivity index (χ0v) is 10.8. The highest BCUT2D eigenvalue weighted by molar-refractivity contribution is 9.10. The second kappa shape index (κ2) is 4.35. The van der Waals surface area contributed by atoms with Crippen LogP contribution in [0.5, 0.6) is 0 Å². The zero-order valence-electron chi connectivity index (χ0n) is 8.40. The van der Waals surface area contributed by atoms with Crippen LogP contribution >= 0.6 is 27.3 Å². The number of carboxylic acid groups (broad SMARTS) is 1. The molecule has 0 atom stereocenters. The molecule has 2 rings (SSSR count). The van der Waals surface area contributed by atoms with E-state index in [0.717, 1.165) is 15.0 Å². The van der Waals surface area contributed by atoms with Crippen molar-refractivity contribution in [2.45, 2.75) is 6.92 Å². The number of aromatic carboxylic acids is 1. The Morgan fingerprint density at radius 2 is 2.00 bits per heavy atom. The van der Waals surface area contributed by atoms with Crippen LogP contribution in [0, 0.1) is 6.92 Å². The van der Waals surface area contributed by atoms with Crippen molar-refractivity contribution in [1.29, 1.82) is 0 Å². The van der Waals surface area contributed by atoms with Gasteiger partial charge in [0.05, 0.1) is 9.88 Å². The third-order valence-corrected chi connectivity index (χ3v) is 3.59. The van der Waals surface area contributed by atoms with Crippen molar-refractivity contribution in [1.82, 2.24) is 4.98 Å². The summed E-state index contributed by atoms with van der Waals surface area (Å²) in [6.07, 6.45) is 0. The molecule has 2 aromatic rings. The molecule has 16 heavy (non-hydrogen) atoms. The summed E-state index contributed by atoms with van der Waals surface area (Å²) in [5.74, 6) is -0.984. The maximum atomic E-state index is 11.0. The van der Waals surface area contributed by atoms with Crippen LogP contribution in [0.25, 0.3) is 10.4 Å². The predicted molar refractivity (Wildman–Crippen MR) is 66.9 cm³/mol. The van der Waals surface area contributed by atoms with Crippen molar-refractivity contribution < 1.29 is 9.90 Å². The number of carbonyl (C=O) groups is 1. The Bertz CT molecular complexity index is 533. The molecule has 1 N–H and O–H groups in total. The SMILES string of the molecule is Cc1nc(C(=O)O)c(-c2ccc(Br)cc2)s1. The van der Waals surface area contributed by atoms with E-state index in [1.54, 1.807) is 6.92 Å². The number of nitrogens with zero attached hydrogens (tertiary/aromatic N) is 1. The maximum Gasteiger partial charge on any atom is 0.356 e. The van der Waals surface area contributed by atoms with Crippen molar-refractivity contribution in [3.05, 3.63) is 39.4 Å². The molecule has 3 nitrogen and oxygen atoms in total. The van der Waals surface area contributed by atoms with Gasteiger partial charge in [-0.2, -0.15) is 0 Å². The van der Waals surface area contributed by atoms with E-state index in [-0.39, 0.29) is 5.69 Å². The molecule has 0 saturated carbocycles. The quantitative estimate of drug-likeness (QED) is 0.922. The molecule has 0 aliphatic heterocycles. The third-order valence-electron chi connectivity index (χ3n) is 2.04. The molecule has 1 aromatic heterocycles. The van der Waals surface area contributed by atoms with Crippen molar-refractivity contribution in [3.8, 4) is 10.4 Å². The first-order valence-corrected chi connectivity index (χ1v) is 6.15. The molecule has 5 heteroatoms. The van der Waals surface area contributed by atoms with Crippen LogP contribution in [0.1, 0.15) is 15.5 Å². The topological polar surface area (TPSA) is 50.2 Å². The summed E-state index contributed by atoms with van der Waals surface area (Å²) in [7, 11) is 0. The highest BCUT2D eigenvalue weighted by Gasteiger charge is 2.16. The molecule has 1 heterocycles. The average Bonchev–Trinajstić information content (AvgIpc) is 2.61. The monoisotopic (exact) mass is 297 g/mol. The lowest BCUT2D eigenvalue weighted by atomic mass is 10.1. The minimum absolute atomic E-state index is 0.129. The smallest absolute Gasteiger partial charge is 0.356 e. The van der Waals surface area contributed by atoms with Gasteiger partial charge in [0.2, 0.25) is 0 Å². The van der Waals surface area contributed by atoms with Crippen molar-refractivity contribution in [2.24, 2.45) is 0 Å². The average molecular weight is 298 g/mol. The second-order valence-corrected chi connectivity index (χ2v) is 5.34. The van der Waals surface area contributed by atoms with Crippen LogP contribution < -0.4 is 0 Å². The van der Waals surface area contributed by atoms with Gasteiger partial charge in [-0.25, -0.2) is 9.78 Å². The summed E-state index contributed by atoms with van der Waals surface area (Å²) in [4.78, 5) is 15.7. The van der Waals surface area contributed by atoms with Gasteiger partial charge in [0, 0.05) is 4.47 Å². The Balaban J connectivity index is 2.55. The van der Waals surface area contributed by atoms with Crippen LogP contribution in [0.3, 0.4) is 0 Å². The molecule has 0 unspecified atom stereocenters. The third kappa shape index (κ3) is 2.15. The molecule has 0 aliphatic carbocycles. The molecule has 0 bridgehead atoms. The minimum atomic E-state index is -0.984. The number of carboxylic acids is 1. The number of thiazole rings is 1. The molecule has 0 aliphatic rings. The Kier molecular flexibility index (Phi) is 3.07. The van der Waals surface area contributed by atoms with Crippen molar-refractivity contribution in [3.63, 3.8) is 0 Å². The Morgan fingerprint density at radius 3 is 2.56 bits per heavy atom. The number of rotatable bonds is 2. The number of benzene rings is 1. The van der Waals surface area contributed by atoms with Crippen LogP contribution in [-0.4, -0.2) is 16.1 Å². The van der Waals surface area contributed by atoms with E-state index in [2.05, 4.69) is 20.9 Å². The lowest BCUT2D eigenvalue weighted by Gasteiger charge is -1.98. The lowest BCUT2D eigenvalue weighted by molar-refractivity contribution is 0.0692. The van der Waals surface area contributed by atoms with Crippen LogP contribution in [0.15, 0.2) is 28.7 Å². The van der Waals surface area contributed by atoms with Crippen molar-refractivity contribution >= 4 is 33.2 Å². The van der Waals surface area contributed by atoms with Crippen LogP contribution in [0.2, 0.25) is 0 Å². The minimum Gasteiger partial charge on any atom is -0.476 e. The maximum absolute atomic E-state index is 11.0. The van der Waals surface area contributed by atoms with Gasteiger partial charge >= 0.3 is 5.97 Å². The Hall–Kier alpha value is -1.20. The fraction of sp³-hybridized carbons (Fsp3) is 0.0909. The summed E-state index contributed by atoms with van der Waals surface area (Å²) >= 11 is 4.74. The number of halogens is 1. The van der Waals surface area contributed by atoms with Gasteiger partial charge in [-0.05, 0) is 24.6 Å². The first kappa shape index (κ1) is 11.3. The van der Waals surface area contributed by atoms with E-state index in [4.69, 9.17) is 5.11 Å². The molecular formula is C11H8BrNO2S. The standard InChI is InChI=1S/C11H8BrNO2S/c1-6-13-9(11(14)15)10(16-6)7-2-4-8(12)5-3-7/h2-5H,1H3,(H,14,15). The van der Waals surface area contributed by atoms with E-state index in [0.29, 0.717) is 4.88 Å². The lowest BCUT2D eigenvalue weighted by Crippen LogP contribution is -1.98. The van der Waals surface area contributed by atoms with Gasteiger partial charge in [0.1, 0.15) is 0 Å². The van der Waals surface area contributed by atoms with Gasteiger partial charge < -0.3 is 5.11 Å². The Morgan fingerprint density at radius 1 is 1.38 bits per heavy atom. The molecular weight excluding hydrogens is 290 g/mol. The van der Waals surface area contributed by atoms with Gasteiger partial charge in [0.25, 0.3) is 0 Å².